The molecule has 11 nitrogen and oxygen atoms in total. The number of hydrogen-bond donors (Lipinski definition) is 2. The maximum Gasteiger partial charge on any atom is 0.271 e. The number of carbonyl (C=O) groups is 2. The number of carbonyl (C=O) groups excluding carboxylic acids is 2. The van der Waals surface area contributed by atoms with Crippen LogP contribution in [0.25, 0.3) is 5.69 Å². The highest BCUT2D eigenvalue weighted by Gasteiger charge is 2.35. The molecule has 1 aromatic heterocycles. The Labute approximate surface area is 181 Å². The number of nitrogens with one attached hydrogen (secondary N) is 1. The highest BCUT2D eigenvalue weighted by Crippen LogP contribution is 2.28. The topological polar surface area (TPSA) is 141 Å². The van der Waals surface area contributed by atoms with Crippen molar-refractivity contribution in [3.05, 3.63) is 54.1 Å². The molecule has 1 aliphatic heterocycles. The minimum Gasteiger partial charge on any atom is -0.494 e. The molecule has 3 N–H and O–H groups in total. The molecule has 1 atom stereocenters. The first-order chi connectivity index (χ1) is 15.4. The fourth-order valence-corrected chi connectivity index (χ4v) is 3.29. The Bertz CT molecular complexity index is 1210. The minimum atomic E-state index is -0.864. The van der Waals surface area contributed by atoms with Crippen LogP contribution in [-0.2, 0) is 9.59 Å². The predicted molar refractivity (Wildman–Crippen MR) is 113 cm³/mol. The number of benzene rings is 2. The summed E-state index contributed by atoms with van der Waals surface area (Å²) in [5.74, 6) is -0.551. The van der Waals surface area contributed by atoms with Crippen LogP contribution in [0.4, 0.5) is 15.8 Å². The number of nitrogens with zero attached hydrogens (tertiary/aromatic N) is 6. The van der Waals surface area contributed by atoms with Crippen LogP contribution in [0.3, 0.4) is 0 Å². The summed E-state index contributed by atoms with van der Waals surface area (Å²) in [5.41, 5.74) is 7.02. The molecule has 32 heavy (non-hydrogen) atoms. The van der Waals surface area contributed by atoms with E-state index in [-0.39, 0.29) is 12.1 Å². The van der Waals surface area contributed by atoms with Gasteiger partial charge in [0.2, 0.25) is 5.91 Å². The van der Waals surface area contributed by atoms with Crippen molar-refractivity contribution in [1.82, 2.24) is 20.2 Å². The van der Waals surface area contributed by atoms with E-state index in [0.29, 0.717) is 28.6 Å². The van der Waals surface area contributed by atoms with Crippen molar-refractivity contribution in [2.75, 3.05) is 17.4 Å². The minimum absolute atomic E-state index is 0.00760. The fourth-order valence-electron chi connectivity index (χ4n) is 3.29. The summed E-state index contributed by atoms with van der Waals surface area (Å²) < 4.78 is 20.1. The van der Waals surface area contributed by atoms with Crippen LogP contribution >= 0.6 is 0 Å². The predicted octanol–water partition coefficient (Wildman–Crippen LogP) is 1.18. The maximum atomic E-state index is 13.3. The summed E-state index contributed by atoms with van der Waals surface area (Å²) in [6.07, 6.45) is 0.00760. The quantitative estimate of drug-likeness (QED) is 0.589. The molecule has 0 aliphatic carbocycles. The molecule has 1 aliphatic rings. The molecule has 0 fully saturated rings. The number of halogens is 1. The molecule has 0 saturated heterocycles. The number of hydrazone groups is 1. The van der Waals surface area contributed by atoms with Gasteiger partial charge in [-0.05, 0) is 59.8 Å². The number of primary amides is 1. The molecule has 2 heterocycles. The van der Waals surface area contributed by atoms with Gasteiger partial charge in [-0.3, -0.25) is 14.6 Å². The van der Waals surface area contributed by atoms with Crippen LogP contribution in [0.5, 0.6) is 5.75 Å². The number of amides is 2. The molecule has 3 aromatic rings. The number of methoxy groups -OCH3 is 1. The summed E-state index contributed by atoms with van der Waals surface area (Å²) in [7, 11) is 1.51. The Hall–Kier alpha value is -4.35. The third kappa shape index (κ3) is 3.97. The molecule has 1 unspecified atom stereocenters. The summed E-state index contributed by atoms with van der Waals surface area (Å²) in [4.78, 5) is 24.8. The smallest absolute Gasteiger partial charge is 0.271 e. The lowest BCUT2D eigenvalue weighted by atomic mass is 10.1. The van der Waals surface area contributed by atoms with Crippen LogP contribution < -0.4 is 20.8 Å². The average molecular weight is 438 g/mol. The Balaban J connectivity index is 1.60. The molecule has 0 spiro atoms. The second-order valence-corrected chi connectivity index (χ2v) is 6.97. The molecule has 0 bridgehead atoms. The van der Waals surface area contributed by atoms with Gasteiger partial charge in [0.05, 0.1) is 12.8 Å². The highest BCUT2D eigenvalue weighted by atomic mass is 19.1. The summed E-state index contributed by atoms with van der Waals surface area (Å²) in [5, 5.41) is 19.7. The van der Waals surface area contributed by atoms with E-state index in [1.54, 1.807) is 25.1 Å². The van der Waals surface area contributed by atoms with Crippen molar-refractivity contribution >= 4 is 28.9 Å². The standard InChI is InChI=1S/C20H19FN8O3/c1-11-24-26-27-28(11)16-9-13(5-8-18(16)32-2)23-20(31)15-10-17(19(22)30)29(25-15)14-6-3-12(21)4-7-14/h3-9,17H,10H2,1-2H3,(H2,22,30)(H,23,31). The monoisotopic (exact) mass is 438 g/mol. The van der Waals surface area contributed by atoms with Crippen LogP contribution in [0.15, 0.2) is 47.6 Å². The zero-order valence-corrected chi connectivity index (χ0v) is 17.2. The highest BCUT2D eigenvalue weighted by molar-refractivity contribution is 6.44. The molecular weight excluding hydrogens is 419 g/mol. The molecule has 0 radical (unpaired) electrons. The van der Waals surface area contributed by atoms with E-state index in [1.807, 2.05) is 0 Å². The van der Waals surface area contributed by atoms with Crippen molar-refractivity contribution in [1.29, 1.82) is 0 Å². The van der Waals surface area contributed by atoms with Crippen molar-refractivity contribution in [3.8, 4) is 11.4 Å². The first kappa shape index (κ1) is 20.9. The van der Waals surface area contributed by atoms with E-state index in [1.165, 1.54) is 41.1 Å². The fraction of sp³-hybridized carbons (Fsp3) is 0.200. The third-order valence-electron chi connectivity index (χ3n) is 4.88. The number of rotatable bonds is 6. The maximum absolute atomic E-state index is 13.3. The lowest BCUT2D eigenvalue weighted by Crippen LogP contribution is -2.39. The third-order valence-corrected chi connectivity index (χ3v) is 4.88. The van der Waals surface area contributed by atoms with E-state index < -0.39 is 23.7 Å². The zero-order valence-electron chi connectivity index (χ0n) is 17.2. The second kappa shape index (κ2) is 8.41. The Morgan fingerprint density at radius 1 is 1.22 bits per heavy atom. The van der Waals surface area contributed by atoms with E-state index in [2.05, 4.69) is 25.9 Å². The number of aromatic nitrogens is 4. The lowest BCUT2D eigenvalue weighted by Gasteiger charge is -2.20. The van der Waals surface area contributed by atoms with Gasteiger partial charge in [0.15, 0.2) is 5.82 Å². The molecule has 164 valence electrons. The van der Waals surface area contributed by atoms with E-state index in [0.717, 1.165) is 0 Å². The number of anilines is 2. The van der Waals surface area contributed by atoms with Gasteiger partial charge >= 0.3 is 0 Å². The van der Waals surface area contributed by atoms with Crippen LogP contribution in [0.1, 0.15) is 12.2 Å². The Kier molecular flexibility index (Phi) is 5.50. The largest absolute Gasteiger partial charge is 0.494 e. The van der Waals surface area contributed by atoms with E-state index in [4.69, 9.17) is 10.5 Å². The zero-order chi connectivity index (χ0) is 22.8. The normalized spacial score (nSPS) is 15.4. The van der Waals surface area contributed by atoms with Crippen LogP contribution in [-0.4, -0.2) is 50.9 Å². The van der Waals surface area contributed by atoms with Gasteiger partial charge < -0.3 is 15.8 Å². The number of ether oxygens (including phenoxy) is 1. The molecule has 12 heteroatoms. The number of tetrazole rings is 1. The number of aryl methyl sites for hydroxylation is 1. The molecule has 4 rings (SSSR count). The van der Waals surface area contributed by atoms with Gasteiger partial charge in [0.25, 0.3) is 5.91 Å². The van der Waals surface area contributed by atoms with Gasteiger partial charge in [-0.2, -0.15) is 9.78 Å². The molecule has 2 aromatic carbocycles. The second-order valence-electron chi connectivity index (χ2n) is 6.97. The van der Waals surface area contributed by atoms with Gasteiger partial charge in [-0.1, -0.05) is 0 Å². The Morgan fingerprint density at radius 2 is 1.97 bits per heavy atom. The van der Waals surface area contributed by atoms with Gasteiger partial charge in [-0.15, -0.1) is 5.10 Å². The van der Waals surface area contributed by atoms with Crippen LogP contribution in [0.2, 0.25) is 0 Å². The summed E-state index contributed by atoms with van der Waals surface area (Å²) >= 11 is 0. The number of hydrogen-bond acceptors (Lipinski definition) is 8. The van der Waals surface area contributed by atoms with Gasteiger partial charge in [-0.25, -0.2) is 4.39 Å². The first-order valence-electron chi connectivity index (χ1n) is 9.53. The molecule has 0 saturated carbocycles. The number of nitrogens with two attached hydrogens (primary N) is 1. The van der Waals surface area contributed by atoms with Crippen molar-refractivity contribution in [2.45, 2.75) is 19.4 Å². The van der Waals surface area contributed by atoms with Gasteiger partial charge in [0.1, 0.15) is 29.0 Å². The van der Waals surface area contributed by atoms with Crippen molar-refractivity contribution < 1.29 is 18.7 Å². The SMILES string of the molecule is COc1ccc(NC(=O)C2=NN(c3ccc(F)cc3)C(C(N)=O)C2)cc1-n1nnnc1C. The molecular formula is C20H19FN8O3. The van der Waals surface area contributed by atoms with Gasteiger partial charge in [0, 0.05) is 12.1 Å². The average Bonchev–Trinajstić information content (AvgIpc) is 3.41. The summed E-state index contributed by atoms with van der Waals surface area (Å²) in [6.45, 7) is 1.73. The van der Waals surface area contributed by atoms with Crippen molar-refractivity contribution in [2.24, 2.45) is 10.8 Å². The van der Waals surface area contributed by atoms with Crippen LogP contribution in [0, 0.1) is 12.7 Å². The summed E-state index contributed by atoms with van der Waals surface area (Å²) in [6, 6.07) is 9.50. The lowest BCUT2D eigenvalue weighted by molar-refractivity contribution is -0.119. The van der Waals surface area contributed by atoms with E-state index in [9.17, 15) is 14.0 Å². The van der Waals surface area contributed by atoms with E-state index >= 15 is 0 Å². The van der Waals surface area contributed by atoms with Crippen molar-refractivity contribution in [3.63, 3.8) is 0 Å². The first-order valence-corrected chi connectivity index (χ1v) is 9.53. The molecule has 2 amide bonds. The Morgan fingerprint density at radius 3 is 2.59 bits per heavy atom.